The van der Waals surface area contributed by atoms with Crippen LogP contribution in [-0.2, 0) is 9.53 Å². The van der Waals surface area contributed by atoms with Crippen LogP contribution in [0.25, 0.3) is 0 Å². The van der Waals surface area contributed by atoms with Crippen LogP contribution in [0.2, 0.25) is 0 Å². The summed E-state index contributed by atoms with van der Waals surface area (Å²) in [6.07, 6.45) is 3.20. The molecule has 0 aliphatic carbocycles. The highest BCUT2D eigenvalue weighted by atomic mass is 16.6. The number of nitrogens with one attached hydrogen (secondary N) is 1. The molecule has 1 N–H and O–H groups in total. The van der Waals surface area contributed by atoms with Gasteiger partial charge in [-0.25, -0.2) is 0 Å². The lowest BCUT2D eigenvalue weighted by atomic mass is 10.0. The molecule has 0 radical (unpaired) electrons. The first kappa shape index (κ1) is 10.5. The van der Waals surface area contributed by atoms with E-state index < -0.39 is 0 Å². The van der Waals surface area contributed by atoms with Crippen LogP contribution in [0.5, 0.6) is 0 Å². The highest BCUT2D eigenvalue weighted by molar-refractivity contribution is 5.76. The first-order valence-corrected chi connectivity index (χ1v) is 4.95. The van der Waals surface area contributed by atoms with Gasteiger partial charge in [0.25, 0.3) is 0 Å². The summed E-state index contributed by atoms with van der Waals surface area (Å²) >= 11 is 0. The Morgan fingerprint density at radius 2 is 2.08 bits per heavy atom. The Balaban J connectivity index is 2.38. The molecule has 0 aromatic rings. The average molecular weight is 185 g/mol. The molecule has 1 atom stereocenters. The Morgan fingerprint density at radius 3 is 2.54 bits per heavy atom. The number of hydrogen-bond donors (Lipinski definition) is 1. The van der Waals surface area contributed by atoms with E-state index in [1.54, 1.807) is 0 Å². The maximum atomic E-state index is 11.5. The van der Waals surface area contributed by atoms with E-state index >= 15 is 0 Å². The Hall–Kier alpha value is -0.570. The topological polar surface area (TPSA) is 38.3 Å². The molecule has 3 heteroatoms. The lowest BCUT2D eigenvalue weighted by Gasteiger charge is -2.26. The molecule has 0 aromatic carbocycles. The summed E-state index contributed by atoms with van der Waals surface area (Å²) in [6.45, 7) is 6.62. The number of esters is 1. The fourth-order valence-corrected chi connectivity index (χ4v) is 1.43. The summed E-state index contributed by atoms with van der Waals surface area (Å²) in [4.78, 5) is 11.5. The standard InChI is InChI=1S/C10H19NO2/c1-10(2,3)13-9(12)8-6-4-5-7-11-8/h8,11H,4-7H2,1-3H3/t8-/m0/s1. The Labute approximate surface area is 79.8 Å². The molecule has 1 aliphatic rings. The summed E-state index contributed by atoms with van der Waals surface area (Å²) in [5.41, 5.74) is -0.365. The molecule has 0 bridgehead atoms. The minimum atomic E-state index is -0.365. The fraction of sp³-hybridized carbons (Fsp3) is 0.900. The van der Waals surface area contributed by atoms with Crippen molar-refractivity contribution in [2.45, 2.75) is 51.7 Å². The van der Waals surface area contributed by atoms with Gasteiger partial charge in [0.05, 0.1) is 0 Å². The molecular weight excluding hydrogens is 166 g/mol. The molecular formula is C10H19NO2. The summed E-state index contributed by atoms with van der Waals surface area (Å²) in [7, 11) is 0. The number of carbonyl (C=O) groups is 1. The molecule has 1 heterocycles. The SMILES string of the molecule is CC(C)(C)OC(=O)[C@@H]1CCCCN1. The Kier molecular flexibility index (Phi) is 3.31. The van der Waals surface area contributed by atoms with Crippen LogP contribution in [0.3, 0.4) is 0 Å². The molecule has 0 aromatic heterocycles. The molecule has 76 valence electrons. The van der Waals surface area contributed by atoms with Crippen molar-refractivity contribution in [3.63, 3.8) is 0 Å². The van der Waals surface area contributed by atoms with E-state index in [-0.39, 0.29) is 17.6 Å². The van der Waals surface area contributed by atoms with Crippen molar-refractivity contribution in [1.29, 1.82) is 0 Å². The van der Waals surface area contributed by atoms with E-state index in [1.807, 2.05) is 20.8 Å². The van der Waals surface area contributed by atoms with Gasteiger partial charge in [0.15, 0.2) is 0 Å². The highest BCUT2D eigenvalue weighted by Gasteiger charge is 2.25. The zero-order chi connectivity index (χ0) is 9.90. The Morgan fingerprint density at radius 1 is 1.38 bits per heavy atom. The van der Waals surface area contributed by atoms with Crippen LogP contribution < -0.4 is 5.32 Å². The van der Waals surface area contributed by atoms with Crippen molar-refractivity contribution in [3.8, 4) is 0 Å². The molecule has 0 spiro atoms. The number of carbonyl (C=O) groups excluding carboxylic acids is 1. The lowest BCUT2D eigenvalue weighted by molar-refractivity contribution is -0.158. The molecule has 1 aliphatic heterocycles. The summed E-state index contributed by atoms with van der Waals surface area (Å²) in [5.74, 6) is -0.104. The van der Waals surface area contributed by atoms with Gasteiger partial charge in [0.2, 0.25) is 0 Å². The largest absolute Gasteiger partial charge is 0.459 e. The minimum absolute atomic E-state index is 0.0759. The van der Waals surface area contributed by atoms with E-state index in [0.29, 0.717) is 0 Å². The smallest absolute Gasteiger partial charge is 0.323 e. The molecule has 13 heavy (non-hydrogen) atoms. The number of rotatable bonds is 1. The van der Waals surface area contributed by atoms with E-state index in [9.17, 15) is 4.79 Å². The zero-order valence-corrected chi connectivity index (χ0v) is 8.72. The van der Waals surface area contributed by atoms with Crippen molar-refractivity contribution in [2.75, 3.05) is 6.54 Å². The van der Waals surface area contributed by atoms with Crippen LogP contribution in [-0.4, -0.2) is 24.2 Å². The van der Waals surface area contributed by atoms with Gasteiger partial charge < -0.3 is 10.1 Å². The third kappa shape index (κ3) is 3.77. The maximum absolute atomic E-state index is 11.5. The van der Waals surface area contributed by atoms with Crippen LogP contribution in [0.1, 0.15) is 40.0 Å². The summed E-state index contributed by atoms with van der Waals surface area (Å²) in [6, 6.07) is -0.0759. The van der Waals surface area contributed by atoms with Gasteiger partial charge in [-0.15, -0.1) is 0 Å². The van der Waals surface area contributed by atoms with E-state index in [4.69, 9.17) is 4.74 Å². The van der Waals surface area contributed by atoms with Gasteiger partial charge in [-0.2, -0.15) is 0 Å². The molecule has 1 saturated heterocycles. The van der Waals surface area contributed by atoms with Crippen LogP contribution in [0.4, 0.5) is 0 Å². The van der Waals surface area contributed by atoms with Gasteiger partial charge in [0, 0.05) is 0 Å². The van der Waals surface area contributed by atoms with Crippen molar-refractivity contribution in [1.82, 2.24) is 5.32 Å². The average Bonchev–Trinajstić information content (AvgIpc) is 2.03. The van der Waals surface area contributed by atoms with Gasteiger partial charge in [-0.1, -0.05) is 6.42 Å². The molecule has 1 fully saturated rings. The van der Waals surface area contributed by atoms with Crippen LogP contribution >= 0.6 is 0 Å². The maximum Gasteiger partial charge on any atom is 0.323 e. The second-order valence-electron chi connectivity index (χ2n) is 4.54. The van der Waals surface area contributed by atoms with Gasteiger partial charge in [0.1, 0.15) is 11.6 Å². The van der Waals surface area contributed by atoms with Gasteiger partial charge >= 0.3 is 5.97 Å². The number of ether oxygens (including phenoxy) is 1. The number of piperidine rings is 1. The Bertz CT molecular complexity index is 178. The summed E-state index contributed by atoms with van der Waals surface area (Å²) in [5, 5.41) is 3.17. The molecule has 0 saturated carbocycles. The second-order valence-corrected chi connectivity index (χ2v) is 4.54. The third-order valence-electron chi connectivity index (χ3n) is 2.00. The van der Waals surface area contributed by atoms with Crippen LogP contribution in [0, 0.1) is 0 Å². The highest BCUT2D eigenvalue weighted by Crippen LogP contribution is 2.13. The van der Waals surface area contributed by atoms with Crippen LogP contribution in [0.15, 0.2) is 0 Å². The lowest BCUT2D eigenvalue weighted by Crippen LogP contribution is -2.43. The predicted molar refractivity (Wildman–Crippen MR) is 51.5 cm³/mol. The van der Waals surface area contributed by atoms with Gasteiger partial charge in [-0.3, -0.25) is 4.79 Å². The fourth-order valence-electron chi connectivity index (χ4n) is 1.43. The minimum Gasteiger partial charge on any atom is -0.459 e. The summed E-state index contributed by atoms with van der Waals surface area (Å²) < 4.78 is 5.28. The van der Waals surface area contributed by atoms with Gasteiger partial charge in [-0.05, 0) is 40.2 Å². The third-order valence-corrected chi connectivity index (χ3v) is 2.00. The first-order valence-electron chi connectivity index (χ1n) is 4.95. The molecule has 3 nitrogen and oxygen atoms in total. The predicted octanol–water partition coefficient (Wildman–Crippen LogP) is 1.47. The normalized spacial score (nSPS) is 24.1. The molecule has 0 amide bonds. The van der Waals surface area contributed by atoms with E-state index in [0.717, 1.165) is 19.4 Å². The van der Waals surface area contributed by atoms with Crippen molar-refractivity contribution < 1.29 is 9.53 Å². The van der Waals surface area contributed by atoms with E-state index in [1.165, 1.54) is 6.42 Å². The van der Waals surface area contributed by atoms with Crippen molar-refractivity contribution >= 4 is 5.97 Å². The second kappa shape index (κ2) is 4.09. The van der Waals surface area contributed by atoms with Crippen molar-refractivity contribution in [2.24, 2.45) is 0 Å². The first-order chi connectivity index (χ1) is 5.99. The monoisotopic (exact) mass is 185 g/mol. The molecule has 0 unspecified atom stereocenters. The zero-order valence-electron chi connectivity index (χ0n) is 8.72. The quantitative estimate of drug-likeness (QED) is 0.629. The van der Waals surface area contributed by atoms with E-state index in [2.05, 4.69) is 5.32 Å². The van der Waals surface area contributed by atoms with Crippen molar-refractivity contribution in [3.05, 3.63) is 0 Å². The molecule has 1 rings (SSSR count). The number of hydrogen-bond acceptors (Lipinski definition) is 3.